The minimum Gasteiger partial charge on any atom is -0.478 e. The maximum absolute atomic E-state index is 13.3. The van der Waals surface area contributed by atoms with Crippen molar-refractivity contribution in [2.45, 2.75) is 19.5 Å². The molecule has 3 aromatic carbocycles. The number of benzene rings is 3. The first-order valence-corrected chi connectivity index (χ1v) is 10.8. The molecule has 2 N–H and O–H groups in total. The van der Waals surface area contributed by atoms with E-state index in [0.717, 1.165) is 10.1 Å². The molecule has 9 nitrogen and oxygen atoms in total. The van der Waals surface area contributed by atoms with E-state index in [4.69, 9.17) is 9.94 Å². The van der Waals surface area contributed by atoms with Crippen LogP contribution in [0.2, 0.25) is 0 Å². The number of fused-ring (bicyclic) bond motifs is 1. The summed E-state index contributed by atoms with van der Waals surface area (Å²) in [6, 6.07) is 19.1. The van der Waals surface area contributed by atoms with Gasteiger partial charge in [-0.2, -0.15) is 0 Å². The highest BCUT2D eigenvalue weighted by molar-refractivity contribution is 5.97. The van der Waals surface area contributed by atoms with Crippen LogP contribution in [0.1, 0.15) is 44.8 Å². The second-order valence-electron chi connectivity index (χ2n) is 7.98. The summed E-state index contributed by atoms with van der Waals surface area (Å²) in [5.41, 5.74) is 0.902. The zero-order chi connectivity index (χ0) is 25.1. The Bertz CT molecular complexity index is 1510. The van der Waals surface area contributed by atoms with Gasteiger partial charge in [0.15, 0.2) is 0 Å². The molecule has 1 aromatic heterocycles. The largest absolute Gasteiger partial charge is 0.478 e. The van der Waals surface area contributed by atoms with E-state index in [2.05, 4.69) is 4.98 Å². The number of carbonyl (C=O) groups excluding carboxylic acids is 1. The molecule has 178 valence electrons. The van der Waals surface area contributed by atoms with Crippen LogP contribution in [0.5, 0.6) is 0 Å². The van der Waals surface area contributed by atoms with Crippen molar-refractivity contribution < 1.29 is 19.5 Å². The van der Waals surface area contributed by atoms with Gasteiger partial charge in [0, 0.05) is 5.56 Å². The summed E-state index contributed by atoms with van der Waals surface area (Å²) in [7, 11) is 1.39. The van der Waals surface area contributed by atoms with E-state index >= 15 is 0 Å². The summed E-state index contributed by atoms with van der Waals surface area (Å²) >= 11 is 0. The van der Waals surface area contributed by atoms with Crippen LogP contribution in [0.3, 0.4) is 0 Å². The predicted molar refractivity (Wildman–Crippen MR) is 129 cm³/mol. The standard InChI is InChI=1S/C26H23N3O6/c1-16(18-8-10-19(11-9-18)25(32)33)29-24(31)21-14-20(12-13-22(21)27-26(29)34)23(30)28(35-2)15-17-6-4-3-5-7-17/h3-14,16H,15H2,1-2H3,(H,27,34)(H,32,33). The highest BCUT2D eigenvalue weighted by atomic mass is 16.7. The molecule has 1 heterocycles. The number of aromatic nitrogens is 2. The zero-order valence-electron chi connectivity index (χ0n) is 19.1. The molecule has 0 radical (unpaired) electrons. The molecule has 0 saturated carbocycles. The molecule has 0 aliphatic carbocycles. The van der Waals surface area contributed by atoms with Crippen LogP contribution in [0.15, 0.2) is 82.4 Å². The van der Waals surface area contributed by atoms with Crippen LogP contribution in [0.25, 0.3) is 10.9 Å². The molecule has 0 bridgehead atoms. The maximum Gasteiger partial charge on any atom is 0.335 e. The van der Waals surface area contributed by atoms with Crippen molar-refractivity contribution in [3.63, 3.8) is 0 Å². The van der Waals surface area contributed by atoms with E-state index in [1.165, 1.54) is 42.5 Å². The minimum atomic E-state index is -1.07. The Labute approximate surface area is 199 Å². The average molecular weight is 473 g/mol. The lowest BCUT2D eigenvalue weighted by Crippen LogP contribution is -2.37. The van der Waals surface area contributed by atoms with E-state index in [-0.39, 0.29) is 23.1 Å². The van der Waals surface area contributed by atoms with Crippen molar-refractivity contribution in [2.24, 2.45) is 0 Å². The molecule has 1 unspecified atom stereocenters. The molecule has 0 aliphatic rings. The number of hydrogen-bond donors (Lipinski definition) is 2. The van der Waals surface area contributed by atoms with Gasteiger partial charge in [-0.05, 0) is 48.4 Å². The van der Waals surface area contributed by atoms with E-state index in [1.807, 2.05) is 30.3 Å². The minimum absolute atomic E-state index is 0.0991. The normalized spacial score (nSPS) is 11.8. The number of hydrogen-bond acceptors (Lipinski definition) is 5. The van der Waals surface area contributed by atoms with Gasteiger partial charge in [0.1, 0.15) is 0 Å². The fourth-order valence-electron chi connectivity index (χ4n) is 3.88. The molecule has 9 heteroatoms. The number of carboxylic acid groups (broad SMARTS) is 1. The third kappa shape index (κ3) is 4.75. The molecule has 0 aliphatic heterocycles. The van der Waals surface area contributed by atoms with Crippen molar-refractivity contribution in [3.8, 4) is 0 Å². The number of hydroxylamine groups is 2. The molecule has 4 rings (SSSR count). The lowest BCUT2D eigenvalue weighted by Gasteiger charge is -2.20. The van der Waals surface area contributed by atoms with E-state index in [9.17, 15) is 19.2 Å². The summed E-state index contributed by atoms with van der Waals surface area (Å²) in [6.07, 6.45) is 0. The van der Waals surface area contributed by atoms with Crippen molar-refractivity contribution in [1.29, 1.82) is 0 Å². The van der Waals surface area contributed by atoms with E-state index < -0.39 is 29.2 Å². The predicted octanol–water partition coefficient (Wildman–Crippen LogP) is 3.20. The quantitative estimate of drug-likeness (QED) is 0.398. The van der Waals surface area contributed by atoms with Crippen LogP contribution >= 0.6 is 0 Å². The number of carboxylic acids is 1. The Morgan fingerprint density at radius 2 is 1.66 bits per heavy atom. The summed E-state index contributed by atoms with van der Waals surface area (Å²) < 4.78 is 1.05. The second kappa shape index (κ2) is 9.78. The van der Waals surface area contributed by atoms with Crippen LogP contribution in [-0.2, 0) is 11.4 Å². The summed E-state index contributed by atoms with van der Waals surface area (Å²) in [5, 5.41) is 10.5. The van der Waals surface area contributed by atoms with Crippen LogP contribution < -0.4 is 11.2 Å². The van der Waals surface area contributed by atoms with Crippen LogP contribution in [0.4, 0.5) is 0 Å². The maximum atomic E-state index is 13.3. The lowest BCUT2D eigenvalue weighted by molar-refractivity contribution is -0.102. The smallest absolute Gasteiger partial charge is 0.335 e. The van der Waals surface area contributed by atoms with Gasteiger partial charge in [0.25, 0.3) is 11.5 Å². The molecule has 0 saturated heterocycles. The number of carbonyl (C=O) groups is 2. The Morgan fingerprint density at radius 3 is 2.29 bits per heavy atom. The number of aromatic amines is 1. The number of nitrogens with zero attached hydrogens (tertiary/aromatic N) is 2. The van der Waals surface area contributed by atoms with Crippen molar-refractivity contribution in [1.82, 2.24) is 14.6 Å². The van der Waals surface area contributed by atoms with Gasteiger partial charge in [-0.1, -0.05) is 42.5 Å². The molecule has 4 aromatic rings. The van der Waals surface area contributed by atoms with Gasteiger partial charge in [0.05, 0.1) is 36.2 Å². The Kier molecular flexibility index (Phi) is 6.61. The van der Waals surface area contributed by atoms with Gasteiger partial charge in [0.2, 0.25) is 0 Å². The topological polar surface area (TPSA) is 122 Å². The van der Waals surface area contributed by atoms with Crippen molar-refractivity contribution in [3.05, 3.63) is 116 Å². The molecule has 0 spiro atoms. The third-order valence-electron chi connectivity index (χ3n) is 5.82. The van der Waals surface area contributed by atoms with Gasteiger partial charge in [-0.15, -0.1) is 0 Å². The number of amides is 1. The summed E-state index contributed by atoms with van der Waals surface area (Å²) in [5.74, 6) is -1.51. The summed E-state index contributed by atoms with van der Waals surface area (Å²) in [4.78, 5) is 58.3. The zero-order valence-corrected chi connectivity index (χ0v) is 19.1. The number of H-pyrrole nitrogens is 1. The molecule has 0 fully saturated rings. The summed E-state index contributed by atoms with van der Waals surface area (Å²) in [6.45, 7) is 1.88. The van der Waals surface area contributed by atoms with Gasteiger partial charge in [-0.25, -0.2) is 14.7 Å². The van der Waals surface area contributed by atoms with Gasteiger partial charge in [-0.3, -0.25) is 19.0 Å². The second-order valence-corrected chi connectivity index (χ2v) is 7.98. The average Bonchev–Trinajstić information content (AvgIpc) is 2.87. The Morgan fingerprint density at radius 1 is 1.00 bits per heavy atom. The highest BCUT2D eigenvalue weighted by Gasteiger charge is 2.20. The Balaban J connectivity index is 1.72. The molecular formula is C26H23N3O6. The number of nitrogens with one attached hydrogen (secondary N) is 1. The third-order valence-corrected chi connectivity index (χ3v) is 5.82. The van der Waals surface area contributed by atoms with Crippen molar-refractivity contribution in [2.75, 3.05) is 7.11 Å². The first-order chi connectivity index (χ1) is 16.8. The Hall–Kier alpha value is -4.50. The molecule has 35 heavy (non-hydrogen) atoms. The SMILES string of the molecule is CON(Cc1ccccc1)C(=O)c1ccc2[nH]c(=O)n(C(C)c3ccc(C(=O)O)cc3)c(=O)c2c1. The van der Waals surface area contributed by atoms with E-state index in [0.29, 0.717) is 11.1 Å². The van der Waals surface area contributed by atoms with Gasteiger partial charge < -0.3 is 10.1 Å². The lowest BCUT2D eigenvalue weighted by atomic mass is 10.1. The fourth-order valence-corrected chi connectivity index (χ4v) is 3.88. The monoisotopic (exact) mass is 473 g/mol. The first kappa shape index (κ1) is 23.7. The highest BCUT2D eigenvalue weighted by Crippen LogP contribution is 2.18. The molecule has 1 atom stereocenters. The van der Waals surface area contributed by atoms with Crippen molar-refractivity contribution >= 4 is 22.8 Å². The number of rotatable bonds is 7. The number of aromatic carboxylic acids is 1. The van der Waals surface area contributed by atoms with E-state index in [1.54, 1.807) is 19.1 Å². The fraction of sp³-hybridized carbons (Fsp3) is 0.154. The van der Waals surface area contributed by atoms with Crippen LogP contribution in [-0.4, -0.2) is 38.7 Å². The van der Waals surface area contributed by atoms with Crippen LogP contribution in [0, 0.1) is 0 Å². The first-order valence-electron chi connectivity index (χ1n) is 10.8. The van der Waals surface area contributed by atoms with Gasteiger partial charge >= 0.3 is 11.7 Å². The molecular weight excluding hydrogens is 450 g/mol. The molecule has 1 amide bonds.